The van der Waals surface area contributed by atoms with Gasteiger partial charge in [0.1, 0.15) is 48.8 Å². The summed E-state index contributed by atoms with van der Waals surface area (Å²) in [5.41, 5.74) is 0. The van der Waals surface area contributed by atoms with Crippen molar-refractivity contribution in [2.75, 3.05) is 19.8 Å². The average Bonchev–Trinajstić information content (AvgIpc) is 1.56. The number of rotatable bonds is 60. The highest BCUT2D eigenvalue weighted by molar-refractivity contribution is 5.76. The highest BCUT2D eigenvalue weighted by Crippen LogP contribution is 2.30. The third kappa shape index (κ3) is 41.9. The fourth-order valence-corrected chi connectivity index (χ4v) is 11.9. The maximum Gasteiger partial charge on any atom is 0.220 e. The van der Waals surface area contributed by atoms with E-state index in [1.54, 1.807) is 6.08 Å². The van der Waals surface area contributed by atoms with Gasteiger partial charge in [-0.15, -0.1) is 0 Å². The molecule has 2 fully saturated rings. The molecular weight excluding hydrogens is 1100 g/mol. The molecule has 0 aromatic carbocycles. The van der Waals surface area contributed by atoms with E-state index in [9.17, 15) is 45.6 Å². The van der Waals surface area contributed by atoms with Crippen LogP contribution in [-0.4, -0.2) is 140 Å². The minimum Gasteiger partial charge on any atom is -0.394 e. The Labute approximate surface area is 531 Å². The number of aliphatic hydroxyl groups is 8. The Morgan fingerprint density at radius 1 is 0.414 bits per heavy atom. The second-order valence-electron chi connectivity index (χ2n) is 25.7. The summed E-state index contributed by atoms with van der Waals surface area (Å²) in [6.07, 6.45) is 58.9. The second kappa shape index (κ2) is 57.8. The molecule has 9 N–H and O–H groups in total. The van der Waals surface area contributed by atoms with E-state index in [1.165, 1.54) is 218 Å². The lowest BCUT2D eigenvalue weighted by molar-refractivity contribution is -0.359. The predicted octanol–water partition coefficient (Wildman–Crippen LogP) is 15.1. The summed E-state index contributed by atoms with van der Waals surface area (Å²) >= 11 is 0. The van der Waals surface area contributed by atoms with Gasteiger partial charge in [0.25, 0.3) is 0 Å². The normalized spacial score (nSPS) is 23.5. The van der Waals surface area contributed by atoms with Gasteiger partial charge in [0, 0.05) is 6.42 Å². The molecule has 0 aromatic heterocycles. The van der Waals surface area contributed by atoms with Crippen molar-refractivity contribution < 1.29 is 64.6 Å². The average molecular weight is 1230 g/mol. The molecular formula is C73H135NO13. The van der Waals surface area contributed by atoms with Gasteiger partial charge in [0.05, 0.1) is 32.0 Å². The van der Waals surface area contributed by atoms with Gasteiger partial charge in [-0.05, 0) is 57.8 Å². The fraction of sp³-hybridized carbons (Fsp3) is 0.877. The lowest BCUT2D eigenvalue weighted by Crippen LogP contribution is -2.65. The molecule has 2 rings (SSSR count). The molecule has 2 aliphatic heterocycles. The first-order valence-electron chi connectivity index (χ1n) is 36.4. The van der Waals surface area contributed by atoms with E-state index in [4.69, 9.17) is 18.9 Å². The van der Waals surface area contributed by atoms with Crippen molar-refractivity contribution in [3.05, 3.63) is 48.6 Å². The lowest BCUT2D eigenvalue weighted by atomic mass is 9.97. The molecule has 12 atom stereocenters. The SMILES string of the molecule is CCCCCCC/C=C\C/C=C\C/C=C\CCCCCCCCC(=O)NC(COC1OC(CO)C(OC2OC(CO)C(O)C(O)C2O)C(O)C1O)C(O)/C=C/CCCCCCCCCCCCCCCCCCCCCCCCCCCCCCCC. The molecule has 2 heterocycles. The van der Waals surface area contributed by atoms with E-state index in [0.29, 0.717) is 6.42 Å². The molecule has 0 radical (unpaired) electrons. The van der Waals surface area contributed by atoms with Crippen LogP contribution < -0.4 is 5.32 Å². The third-order valence-corrected chi connectivity index (χ3v) is 17.8. The zero-order valence-electron chi connectivity index (χ0n) is 55.5. The summed E-state index contributed by atoms with van der Waals surface area (Å²) in [7, 11) is 0. The molecule has 0 spiro atoms. The van der Waals surface area contributed by atoms with Crippen LogP contribution in [0.1, 0.15) is 316 Å². The fourth-order valence-electron chi connectivity index (χ4n) is 11.9. The molecule has 14 nitrogen and oxygen atoms in total. The van der Waals surface area contributed by atoms with Crippen LogP contribution in [0.5, 0.6) is 0 Å². The van der Waals surface area contributed by atoms with Gasteiger partial charge in [-0.1, -0.05) is 300 Å². The first-order valence-corrected chi connectivity index (χ1v) is 36.4. The molecule has 14 heteroatoms. The molecule has 0 aliphatic carbocycles. The maximum absolute atomic E-state index is 13.3. The molecule has 510 valence electrons. The van der Waals surface area contributed by atoms with Crippen LogP contribution in [0.25, 0.3) is 0 Å². The molecule has 87 heavy (non-hydrogen) atoms. The number of hydrogen-bond acceptors (Lipinski definition) is 13. The summed E-state index contributed by atoms with van der Waals surface area (Å²) < 4.78 is 22.9. The third-order valence-electron chi connectivity index (χ3n) is 17.8. The van der Waals surface area contributed by atoms with Gasteiger partial charge >= 0.3 is 0 Å². The van der Waals surface area contributed by atoms with Gasteiger partial charge in [-0.2, -0.15) is 0 Å². The lowest BCUT2D eigenvalue weighted by Gasteiger charge is -2.46. The summed E-state index contributed by atoms with van der Waals surface area (Å²) in [6, 6.07) is -0.925. The van der Waals surface area contributed by atoms with Crippen LogP contribution in [0.2, 0.25) is 0 Å². The van der Waals surface area contributed by atoms with Crippen molar-refractivity contribution in [2.24, 2.45) is 0 Å². The zero-order valence-corrected chi connectivity index (χ0v) is 55.5. The van der Waals surface area contributed by atoms with E-state index in [0.717, 1.165) is 70.6 Å². The molecule has 0 aromatic rings. The molecule has 0 bridgehead atoms. The number of hydrogen-bond donors (Lipinski definition) is 9. The van der Waals surface area contributed by atoms with Crippen molar-refractivity contribution >= 4 is 5.91 Å². The van der Waals surface area contributed by atoms with Crippen LogP contribution in [0.4, 0.5) is 0 Å². The first kappa shape index (κ1) is 81.0. The van der Waals surface area contributed by atoms with E-state index in [2.05, 4.69) is 55.6 Å². The van der Waals surface area contributed by atoms with Crippen LogP contribution in [-0.2, 0) is 23.7 Å². The van der Waals surface area contributed by atoms with Crippen LogP contribution in [0.3, 0.4) is 0 Å². The quantitative estimate of drug-likeness (QED) is 0.0204. The molecule has 0 saturated carbocycles. The second-order valence-corrected chi connectivity index (χ2v) is 25.7. The first-order chi connectivity index (χ1) is 42.6. The zero-order chi connectivity index (χ0) is 63.1. The minimum atomic E-state index is -1.79. The largest absolute Gasteiger partial charge is 0.394 e. The van der Waals surface area contributed by atoms with Gasteiger partial charge in [-0.3, -0.25) is 4.79 Å². The Hall–Kier alpha value is -2.05. The molecule has 12 unspecified atom stereocenters. The number of unbranched alkanes of at least 4 members (excludes halogenated alkanes) is 41. The van der Waals surface area contributed by atoms with Gasteiger partial charge in [-0.25, -0.2) is 0 Å². The highest BCUT2D eigenvalue weighted by atomic mass is 16.7. The Morgan fingerprint density at radius 3 is 1.16 bits per heavy atom. The summed E-state index contributed by atoms with van der Waals surface area (Å²) in [5, 5.41) is 87.5. The van der Waals surface area contributed by atoms with Crippen molar-refractivity contribution in [3.8, 4) is 0 Å². The number of allylic oxidation sites excluding steroid dienone is 7. The molecule has 2 saturated heterocycles. The number of carbonyl (C=O) groups is 1. The van der Waals surface area contributed by atoms with Crippen molar-refractivity contribution in [1.82, 2.24) is 5.32 Å². The van der Waals surface area contributed by atoms with Gasteiger partial charge < -0.3 is 65.1 Å². The van der Waals surface area contributed by atoms with Crippen molar-refractivity contribution in [1.29, 1.82) is 0 Å². The monoisotopic (exact) mass is 1230 g/mol. The minimum absolute atomic E-state index is 0.249. The summed E-state index contributed by atoms with van der Waals surface area (Å²) in [4.78, 5) is 13.3. The maximum atomic E-state index is 13.3. The predicted molar refractivity (Wildman–Crippen MR) is 355 cm³/mol. The number of carbonyl (C=O) groups excluding carboxylic acids is 1. The van der Waals surface area contributed by atoms with E-state index < -0.39 is 86.8 Å². The van der Waals surface area contributed by atoms with Crippen LogP contribution >= 0.6 is 0 Å². The van der Waals surface area contributed by atoms with E-state index >= 15 is 0 Å². The number of nitrogens with one attached hydrogen (secondary N) is 1. The standard InChI is InChI=1S/C73H135NO13/c1-3-5-7-9-11-13-15-17-19-21-23-25-26-27-28-29-30-31-32-33-34-35-37-38-40-42-44-46-48-50-52-54-56-62(77)61(60-84-72-70(83)68(81)71(64(59-76)86-72)87-73-69(82)67(80)66(79)63(58-75)85-73)74-65(78)57-55-53-51-49-47-45-43-41-39-36-24-22-20-18-16-14-12-10-8-6-4-2/h16,18,22,24,39,41,54,56,61-64,66-73,75-77,79-83H,3-15,17,19-21,23,25-38,40,42-53,55,57-60H2,1-2H3,(H,74,78)/b18-16-,24-22-,41-39-,56-54+. The highest BCUT2D eigenvalue weighted by Gasteiger charge is 2.51. The Morgan fingerprint density at radius 2 is 0.759 bits per heavy atom. The van der Waals surface area contributed by atoms with Crippen LogP contribution in [0.15, 0.2) is 48.6 Å². The topological polar surface area (TPSA) is 228 Å². The van der Waals surface area contributed by atoms with Crippen LogP contribution in [0, 0.1) is 0 Å². The van der Waals surface area contributed by atoms with Crippen molar-refractivity contribution in [3.63, 3.8) is 0 Å². The smallest absolute Gasteiger partial charge is 0.220 e. The van der Waals surface area contributed by atoms with E-state index in [1.807, 2.05) is 6.08 Å². The Balaban J connectivity index is 1.66. The summed E-state index contributed by atoms with van der Waals surface area (Å²) in [5.74, 6) is -0.249. The van der Waals surface area contributed by atoms with Gasteiger partial charge in [0.15, 0.2) is 12.6 Å². The Kier molecular flexibility index (Phi) is 53.9. The number of amides is 1. The van der Waals surface area contributed by atoms with Gasteiger partial charge in [0.2, 0.25) is 5.91 Å². The number of aliphatic hydroxyl groups excluding tert-OH is 8. The van der Waals surface area contributed by atoms with E-state index in [-0.39, 0.29) is 18.9 Å². The number of ether oxygens (including phenoxy) is 4. The molecule has 1 amide bonds. The summed E-state index contributed by atoms with van der Waals surface area (Å²) in [6.45, 7) is 2.82. The van der Waals surface area contributed by atoms with Crippen molar-refractivity contribution in [2.45, 2.75) is 389 Å². The molecule has 2 aliphatic rings. The Bertz CT molecular complexity index is 1640.